The first-order chi connectivity index (χ1) is 10.4. The third kappa shape index (κ3) is 2.46. The zero-order valence-corrected chi connectivity index (χ0v) is 12.0. The van der Waals surface area contributed by atoms with Crippen molar-refractivity contribution in [2.75, 3.05) is 6.54 Å². The first-order valence-corrected chi connectivity index (χ1v) is 6.82. The fraction of sp³-hybridized carbons (Fsp3) is 0.538. The summed E-state index contributed by atoms with van der Waals surface area (Å²) in [4.78, 5) is 17.3. The van der Waals surface area contributed by atoms with Crippen LogP contribution in [-0.2, 0) is 6.42 Å². The number of aromatic nitrogens is 3. The van der Waals surface area contributed by atoms with Crippen LogP contribution in [0.25, 0.3) is 0 Å². The molecule has 1 atom stereocenters. The van der Waals surface area contributed by atoms with Gasteiger partial charge in [0.1, 0.15) is 6.04 Å². The fourth-order valence-corrected chi connectivity index (χ4v) is 2.43. The second kappa shape index (κ2) is 5.15. The molecule has 0 aromatic carbocycles. The molecule has 0 saturated carbocycles. The van der Waals surface area contributed by atoms with Crippen LogP contribution in [0.5, 0.6) is 0 Å². The van der Waals surface area contributed by atoms with Crippen molar-refractivity contribution < 1.29 is 22.4 Å². The lowest BCUT2D eigenvalue weighted by atomic mass is 10.2. The largest absolute Gasteiger partial charge is 0.438 e. The molecule has 3 heterocycles. The van der Waals surface area contributed by atoms with Crippen LogP contribution in [-0.4, -0.2) is 38.5 Å². The second-order valence-electron chi connectivity index (χ2n) is 5.16. The highest BCUT2D eigenvalue weighted by atomic mass is 19.3. The number of alkyl halides is 2. The quantitative estimate of drug-likeness (QED) is 0.863. The van der Waals surface area contributed by atoms with E-state index in [1.165, 1.54) is 0 Å². The first kappa shape index (κ1) is 14.6. The minimum atomic E-state index is -3.02. The molecule has 0 radical (unpaired) electrons. The summed E-state index contributed by atoms with van der Waals surface area (Å²) >= 11 is 0. The Labute approximate surface area is 124 Å². The second-order valence-corrected chi connectivity index (χ2v) is 5.16. The van der Waals surface area contributed by atoms with Gasteiger partial charge in [-0.2, -0.15) is 0 Å². The van der Waals surface area contributed by atoms with Crippen molar-refractivity contribution in [1.82, 2.24) is 20.1 Å². The summed E-state index contributed by atoms with van der Waals surface area (Å²) in [5, 5.41) is 7.55. The highest BCUT2D eigenvalue weighted by Gasteiger charge is 2.50. The molecule has 0 unspecified atom stereocenters. The topological polar surface area (TPSA) is 85.3 Å². The molecule has 1 aliphatic heterocycles. The van der Waals surface area contributed by atoms with Gasteiger partial charge in [0, 0.05) is 12.8 Å². The number of hydrogen-bond acceptors (Lipinski definition) is 6. The van der Waals surface area contributed by atoms with Crippen LogP contribution in [0.4, 0.5) is 8.78 Å². The number of nitrogens with zero attached hydrogens (tertiary/aromatic N) is 4. The molecular weight excluding hydrogens is 298 g/mol. The Balaban J connectivity index is 1.93. The third-order valence-corrected chi connectivity index (χ3v) is 3.54. The molecule has 1 fully saturated rings. The minimum Gasteiger partial charge on any atom is -0.438 e. The maximum atomic E-state index is 13.8. The summed E-state index contributed by atoms with van der Waals surface area (Å²) in [7, 11) is 0. The Kier molecular flexibility index (Phi) is 3.42. The van der Waals surface area contributed by atoms with Crippen molar-refractivity contribution in [3.05, 3.63) is 29.6 Å². The van der Waals surface area contributed by atoms with Crippen molar-refractivity contribution in [1.29, 1.82) is 0 Å². The summed E-state index contributed by atoms with van der Waals surface area (Å²) in [6, 6.07) is -0.972. The molecule has 0 bridgehead atoms. The summed E-state index contributed by atoms with van der Waals surface area (Å²) < 4.78 is 37.9. The number of likely N-dealkylation sites (tertiary alicyclic amines) is 1. The molecule has 22 heavy (non-hydrogen) atoms. The smallest absolute Gasteiger partial charge is 0.292 e. The SMILES string of the molecule is CCc1nnc([C@@H]2CC(F)(F)CN2C(=O)c2ocnc2C)o1. The van der Waals surface area contributed by atoms with E-state index in [0.717, 1.165) is 11.3 Å². The lowest BCUT2D eigenvalue weighted by Gasteiger charge is -2.20. The first-order valence-electron chi connectivity index (χ1n) is 6.82. The Morgan fingerprint density at radius 3 is 2.86 bits per heavy atom. The van der Waals surface area contributed by atoms with Crippen LogP contribution in [0.2, 0.25) is 0 Å². The van der Waals surface area contributed by atoms with Crippen molar-refractivity contribution in [2.45, 2.75) is 38.7 Å². The number of oxazole rings is 1. The summed E-state index contributed by atoms with van der Waals surface area (Å²) in [5.41, 5.74) is 0.346. The molecule has 118 valence electrons. The Hall–Kier alpha value is -2.32. The van der Waals surface area contributed by atoms with Crippen LogP contribution < -0.4 is 0 Å². The molecule has 3 rings (SSSR count). The van der Waals surface area contributed by atoms with Gasteiger partial charge in [0.25, 0.3) is 11.8 Å². The van der Waals surface area contributed by atoms with Crippen LogP contribution >= 0.6 is 0 Å². The number of hydrogen-bond donors (Lipinski definition) is 0. The van der Waals surface area contributed by atoms with E-state index in [1.807, 2.05) is 0 Å². The van der Waals surface area contributed by atoms with Gasteiger partial charge >= 0.3 is 0 Å². The molecular formula is C13H14F2N4O3. The average Bonchev–Trinajstić information content (AvgIpc) is 3.15. The van der Waals surface area contributed by atoms with Gasteiger partial charge in [0.2, 0.25) is 17.5 Å². The van der Waals surface area contributed by atoms with E-state index in [2.05, 4.69) is 15.2 Å². The van der Waals surface area contributed by atoms with E-state index in [0.29, 0.717) is 18.0 Å². The number of amides is 1. The van der Waals surface area contributed by atoms with Crippen molar-refractivity contribution in [3.8, 4) is 0 Å². The van der Waals surface area contributed by atoms with Crippen LogP contribution in [0.3, 0.4) is 0 Å². The number of halogens is 2. The average molecular weight is 312 g/mol. The van der Waals surface area contributed by atoms with E-state index in [4.69, 9.17) is 8.83 Å². The molecule has 7 nitrogen and oxygen atoms in total. The van der Waals surface area contributed by atoms with E-state index in [9.17, 15) is 13.6 Å². The molecule has 0 spiro atoms. The zero-order chi connectivity index (χ0) is 15.9. The standard InChI is InChI=1S/C13H14F2N4O3/c1-3-9-17-18-11(22-9)8-4-13(14,15)5-19(8)12(20)10-7(2)16-6-21-10/h6,8H,3-5H2,1-2H3/t8-/m0/s1. The molecule has 2 aromatic heterocycles. The summed E-state index contributed by atoms with van der Waals surface area (Å²) in [5.74, 6) is -3.38. The highest BCUT2D eigenvalue weighted by molar-refractivity contribution is 5.92. The molecule has 0 N–H and O–H groups in total. The van der Waals surface area contributed by atoms with E-state index in [1.54, 1.807) is 13.8 Å². The van der Waals surface area contributed by atoms with Gasteiger partial charge in [-0.15, -0.1) is 10.2 Å². The van der Waals surface area contributed by atoms with Crippen molar-refractivity contribution in [2.24, 2.45) is 0 Å². The predicted molar refractivity (Wildman–Crippen MR) is 68.3 cm³/mol. The highest BCUT2D eigenvalue weighted by Crippen LogP contribution is 2.41. The van der Waals surface area contributed by atoms with E-state index in [-0.39, 0.29) is 11.7 Å². The number of aryl methyl sites for hydroxylation is 2. The van der Waals surface area contributed by atoms with Gasteiger partial charge in [-0.1, -0.05) is 6.92 Å². The minimum absolute atomic E-state index is 0.0135. The normalized spacial score (nSPS) is 20.5. The number of carbonyl (C=O) groups is 1. The molecule has 1 saturated heterocycles. The van der Waals surface area contributed by atoms with E-state index >= 15 is 0 Å². The zero-order valence-electron chi connectivity index (χ0n) is 12.0. The Bertz CT molecular complexity index is 697. The summed E-state index contributed by atoms with van der Waals surface area (Å²) in [6.45, 7) is 2.66. The van der Waals surface area contributed by atoms with Gasteiger partial charge < -0.3 is 13.7 Å². The predicted octanol–water partition coefficient (Wildman–Crippen LogP) is 2.15. The Morgan fingerprint density at radius 2 is 2.27 bits per heavy atom. The monoisotopic (exact) mass is 312 g/mol. The lowest BCUT2D eigenvalue weighted by Crippen LogP contribution is -2.33. The van der Waals surface area contributed by atoms with Crippen molar-refractivity contribution >= 4 is 5.91 Å². The van der Waals surface area contributed by atoms with Gasteiger partial charge in [-0.3, -0.25) is 4.79 Å². The van der Waals surface area contributed by atoms with E-state index < -0.39 is 30.8 Å². The molecule has 0 aliphatic carbocycles. The molecule has 2 aromatic rings. The molecule has 1 aliphatic rings. The van der Waals surface area contributed by atoms with Crippen LogP contribution in [0.15, 0.2) is 15.2 Å². The fourth-order valence-electron chi connectivity index (χ4n) is 2.43. The summed E-state index contributed by atoms with van der Waals surface area (Å²) in [6.07, 6.45) is 1.04. The molecule has 1 amide bonds. The van der Waals surface area contributed by atoms with Gasteiger partial charge in [0.05, 0.1) is 12.2 Å². The van der Waals surface area contributed by atoms with Gasteiger partial charge in [0.15, 0.2) is 6.39 Å². The molecule has 9 heteroatoms. The van der Waals surface area contributed by atoms with Crippen LogP contribution in [0, 0.1) is 6.92 Å². The van der Waals surface area contributed by atoms with Crippen LogP contribution in [0.1, 0.15) is 47.4 Å². The van der Waals surface area contributed by atoms with Gasteiger partial charge in [-0.25, -0.2) is 13.8 Å². The lowest BCUT2D eigenvalue weighted by molar-refractivity contribution is 0.0113. The third-order valence-electron chi connectivity index (χ3n) is 3.54. The Morgan fingerprint density at radius 1 is 1.50 bits per heavy atom. The van der Waals surface area contributed by atoms with Gasteiger partial charge in [-0.05, 0) is 6.92 Å². The number of carbonyl (C=O) groups excluding carboxylic acids is 1. The maximum absolute atomic E-state index is 13.8. The number of rotatable bonds is 3. The maximum Gasteiger partial charge on any atom is 0.292 e. The van der Waals surface area contributed by atoms with Crippen molar-refractivity contribution in [3.63, 3.8) is 0 Å².